The third-order valence-corrected chi connectivity index (χ3v) is 2.74. The Hall–Kier alpha value is -2.03. The summed E-state index contributed by atoms with van der Waals surface area (Å²) in [6, 6.07) is 6.44. The number of carbonyl (C=O) groups excluding carboxylic acids is 1. The SMILES string of the molecule is N#Cc1cn[nH]c1NC(=O)c1cc(Cl)ccc1Cl. The first-order chi connectivity index (χ1) is 8.61. The second-order valence-corrected chi connectivity index (χ2v) is 4.19. The molecule has 1 aromatic carbocycles. The number of nitrogens with zero attached hydrogens (tertiary/aromatic N) is 2. The van der Waals surface area contributed by atoms with E-state index in [0.29, 0.717) is 5.02 Å². The van der Waals surface area contributed by atoms with E-state index in [4.69, 9.17) is 28.5 Å². The topological polar surface area (TPSA) is 81.6 Å². The smallest absolute Gasteiger partial charge is 0.258 e. The van der Waals surface area contributed by atoms with Gasteiger partial charge in [0.2, 0.25) is 0 Å². The summed E-state index contributed by atoms with van der Waals surface area (Å²) in [5, 5.41) is 18.1. The molecule has 90 valence electrons. The van der Waals surface area contributed by atoms with E-state index >= 15 is 0 Å². The third-order valence-electron chi connectivity index (χ3n) is 2.17. The van der Waals surface area contributed by atoms with E-state index < -0.39 is 5.91 Å². The van der Waals surface area contributed by atoms with Crippen molar-refractivity contribution >= 4 is 34.9 Å². The third kappa shape index (κ3) is 2.45. The second-order valence-electron chi connectivity index (χ2n) is 3.35. The van der Waals surface area contributed by atoms with Gasteiger partial charge in [-0.3, -0.25) is 9.89 Å². The number of carbonyl (C=O) groups is 1. The van der Waals surface area contributed by atoms with Crippen molar-refractivity contribution in [2.75, 3.05) is 5.32 Å². The number of benzene rings is 1. The van der Waals surface area contributed by atoms with Gasteiger partial charge in [0.15, 0.2) is 0 Å². The molecular formula is C11H6Cl2N4O. The summed E-state index contributed by atoms with van der Waals surface area (Å²) in [6.07, 6.45) is 1.31. The van der Waals surface area contributed by atoms with E-state index in [1.807, 2.05) is 6.07 Å². The van der Waals surface area contributed by atoms with E-state index in [1.54, 1.807) is 6.07 Å². The molecule has 0 radical (unpaired) electrons. The highest BCUT2D eigenvalue weighted by Crippen LogP contribution is 2.22. The molecule has 0 bridgehead atoms. The molecular weight excluding hydrogens is 275 g/mol. The van der Waals surface area contributed by atoms with Crippen LogP contribution in [0.1, 0.15) is 15.9 Å². The molecule has 0 aliphatic carbocycles. The van der Waals surface area contributed by atoms with Gasteiger partial charge in [-0.25, -0.2) is 0 Å². The van der Waals surface area contributed by atoms with Crippen LogP contribution in [0.3, 0.4) is 0 Å². The first-order valence-electron chi connectivity index (χ1n) is 4.81. The highest BCUT2D eigenvalue weighted by atomic mass is 35.5. The lowest BCUT2D eigenvalue weighted by atomic mass is 10.2. The molecule has 1 heterocycles. The predicted octanol–water partition coefficient (Wildman–Crippen LogP) is 2.84. The van der Waals surface area contributed by atoms with Gasteiger partial charge in [-0.1, -0.05) is 23.2 Å². The van der Waals surface area contributed by atoms with Gasteiger partial charge in [0.25, 0.3) is 5.91 Å². The lowest BCUT2D eigenvalue weighted by Crippen LogP contribution is -2.13. The number of anilines is 1. The number of rotatable bonds is 2. The minimum atomic E-state index is -0.469. The normalized spacial score (nSPS) is 9.83. The van der Waals surface area contributed by atoms with Crippen LogP contribution >= 0.6 is 23.2 Å². The highest BCUT2D eigenvalue weighted by molar-refractivity contribution is 6.36. The van der Waals surface area contributed by atoms with Crippen molar-refractivity contribution in [3.63, 3.8) is 0 Å². The fourth-order valence-electron chi connectivity index (χ4n) is 1.32. The van der Waals surface area contributed by atoms with Crippen molar-refractivity contribution in [1.82, 2.24) is 10.2 Å². The Morgan fingerprint density at radius 2 is 2.22 bits per heavy atom. The fraction of sp³-hybridized carbons (Fsp3) is 0. The lowest BCUT2D eigenvalue weighted by molar-refractivity contribution is 0.102. The van der Waals surface area contributed by atoms with Gasteiger partial charge >= 0.3 is 0 Å². The zero-order chi connectivity index (χ0) is 13.1. The zero-order valence-corrected chi connectivity index (χ0v) is 10.4. The molecule has 5 nitrogen and oxygen atoms in total. The maximum absolute atomic E-state index is 11.9. The number of amides is 1. The van der Waals surface area contributed by atoms with Crippen molar-refractivity contribution in [1.29, 1.82) is 5.26 Å². The minimum Gasteiger partial charge on any atom is -0.306 e. The Morgan fingerprint density at radius 1 is 1.44 bits per heavy atom. The predicted molar refractivity (Wildman–Crippen MR) is 67.7 cm³/mol. The van der Waals surface area contributed by atoms with Crippen LogP contribution in [0, 0.1) is 11.3 Å². The molecule has 7 heteroatoms. The summed E-state index contributed by atoms with van der Waals surface area (Å²) in [4.78, 5) is 11.9. The standard InChI is InChI=1S/C11H6Cl2N4O/c12-7-1-2-9(13)8(3-7)11(18)16-10-6(4-14)5-15-17-10/h1-3,5H,(H2,15,16,17,18). The molecule has 2 aromatic rings. The fourth-order valence-corrected chi connectivity index (χ4v) is 1.69. The van der Waals surface area contributed by atoms with Gasteiger partial charge in [-0.05, 0) is 18.2 Å². The quantitative estimate of drug-likeness (QED) is 0.888. The Balaban J connectivity index is 2.28. The van der Waals surface area contributed by atoms with Gasteiger partial charge < -0.3 is 5.32 Å². The Labute approximate surface area is 112 Å². The Bertz CT molecular complexity index is 645. The van der Waals surface area contributed by atoms with Crippen LogP contribution in [0.5, 0.6) is 0 Å². The monoisotopic (exact) mass is 280 g/mol. The molecule has 1 aromatic heterocycles. The number of hydrogen-bond acceptors (Lipinski definition) is 3. The van der Waals surface area contributed by atoms with E-state index in [1.165, 1.54) is 18.3 Å². The van der Waals surface area contributed by atoms with Crippen LogP contribution in [0.25, 0.3) is 0 Å². The molecule has 0 spiro atoms. The number of aromatic amines is 1. The number of nitrogens with one attached hydrogen (secondary N) is 2. The summed E-state index contributed by atoms with van der Waals surface area (Å²) in [6.45, 7) is 0. The highest BCUT2D eigenvalue weighted by Gasteiger charge is 2.14. The molecule has 2 N–H and O–H groups in total. The zero-order valence-electron chi connectivity index (χ0n) is 8.87. The molecule has 0 fully saturated rings. The molecule has 1 amide bonds. The molecule has 0 atom stereocenters. The van der Waals surface area contributed by atoms with Crippen LogP contribution in [0.2, 0.25) is 10.0 Å². The molecule has 2 rings (SSSR count). The van der Waals surface area contributed by atoms with Crippen molar-refractivity contribution < 1.29 is 4.79 Å². The maximum Gasteiger partial charge on any atom is 0.258 e. The lowest BCUT2D eigenvalue weighted by Gasteiger charge is -2.05. The first kappa shape index (κ1) is 12.4. The van der Waals surface area contributed by atoms with Crippen LogP contribution in [0.4, 0.5) is 5.82 Å². The van der Waals surface area contributed by atoms with Gasteiger partial charge in [0, 0.05) is 5.02 Å². The summed E-state index contributed by atoms with van der Waals surface area (Å²) >= 11 is 11.7. The van der Waals surface area contributed by atoms with Crippen LogP contribution < -0.4 is 5.32 Å². The average Bonchev–Trinajstić information content (AvgIpc) is 2.79. The van der Waals surface area contributed by atoms with E-state index in [9.17, 15) is 4.79 Å². The van der Waals surface area contributed by atoms with Crippen molar-refractivity contribution in [3.8, 4) is 6.07 Å². The Kier molecular flexibility index (Phi) is 3.51. The van der Waals surface area contributed by atoms with E-state index in [-0.39, 0.29) is 22.0 Å². The number of halogens is 2. The van der Waals surface area contributed by atoms with Gasteiger partial charge in [0.1, 0.15) is 17.5 Å². The molecule has 0 aliphatic rings. The largest absolute Gasteiger partial charge is 0.306 e. The van der Waals surface area contributed by atoms with Crippen LogP contribution in [-0.4, -0.2) is 16.1 Å². The van der Waals surface area contributed by atoms with Crippen LogP contribution in [0.15, 0.2) is 24.4 Å². The van der Waals surface area contributed by atoms with E-state index in [0.717, 1.165) is 0 Å². The van der Waals surface area contributed by atoms with Crippen LogP contribution in [-0.2, 0) is 0 Å². The molecule has 0 unspecified atom stereocenters. The maximum atomic E-state index is 11.9. The Morgan fingerprint density at radius 3 is 2.94 bits per heavy atom. The van der Waals surface area contributed by atoms with Crippen molar-refractivity contribution in [3.05, 3.63) is 45.6 Å². The van der Waals surface area contributed by atoms with Crippen molar-refractivity contribution in [2.45, 2.75) is 0 Å². The molecule has 0 saturated heterocycles. The summed E-state index contributed by atoms with van der Waals surface area (Å²) < 4.78 is 0. The number of nitriles is 1. The number of hydrogen-bond donors (Lipinski definition) is 2. The van der Waals surface area contributed by atoms with Crippen molar-refractivity contribution in [2.24, 2.45) is 0 Å². The summed E-state index contributed by atoms with van der Waals surface area (Å²) in [5.74, 6) is -0.248. The average molecular weight is 281 g/mol. The second kappa shape index (κ2) is 5.08. The molecule has 0 saturated carbocycles. The van der Waals surface area contributed by atoms with Gasteiger partial charge in [-0.15, -0.1) is 0 Å². The molecule has 18 heavy (non-hydrogen) atoms. The number of aromatic nitrogens is 2. The van der Waals surface area contributed by atoms with Gasteiger partial charge in [-0.2, -0.15) is 10.4 Å². The first-order valence-corrected chi connectivity index (χ1v) is 5.57. The summed E-state index contributed by atoms with van der Waals surface area (Å²) in [5.41, 5.74) is 0.462. The minimum absolute atomic E-state index is 0.221. The van der Waals surface area contributed by atoms with E-state index in [2.05, 4.69) is 15.5 Å². The van der Waals surface area contributed by atoms with Gasteiger partial charge in [0.05, 0.1) is 16.8 Å². The molecule has 0 aliphatic heterocycles. The summed E-state index contributed by atoms with van der Waals surface area (Å²) in [7, 11) is 0. The number of H-pyrrole nitrogens is 1.